The molecule has 1 aromatic rings. The van der Waals surface area contributed by atoms with Crippen LogP contribution in [0.3, 0.4) is 0 Å². The molecule has 0 fully saturated rings. The first kappa shape index (κ1) is 5.15. The van der Waals surface area contributed by atoms with Gasteiger partial charge < -0.3 is 5.84 Å². The number of nitrogen functional groups attached to an aromatic ring is 1. The maximum Gasteiger partial charge on any atom is 0.0643 e. The summed E-state index contributed by atoms with van der Waals surface area (Å²) in [5, 5.41) is 3.91. The Hall–Kier alpha value is -0.990. The number of nitrogens with zero attached hydrogens (tertiary/aromatic N) is 2. The maximum absolute atomic E-state index is 5.28. The van der Waals surface area contributed by atoms with Crippen molar-refractivity contribution in [3.8, 4) is 0 Å². The summed E-state index contributed by atoms with van der Waals surface area (Å²) >= 11 is 0. The minimum Gasteiger partial charge on any atom is -0.323 e. The lowest BCUT2D eigenvalue weighted by atomic mass is 10.3. The van der Waals surface area contributed by atoms with Crippen LogP contribution in [0.2, 0.25) is 0 Å². The van der Waals surface area contributed by atoms with E-state index in [1.165, 1.54) is 4.79 Å². The van der Waals surface area contributed by atoms with Crippen LogP contribution >= 0.6 is 0 Å². The molecule has 1 heterocycles. The summed E-state index contributed by atoms with van der Waals surface area (Å²) < 4.78 is 0. The van der Waals surface area contributed by atoms with Crippen molar-refractivity contribution < 1.29 is 0 Å². The molecule has 0 amide bonds. The molecule has 0 aliphatic heterocycles. The Morgan fingerprint density at radius 3 is 2.38 bits per heavy atom. The van der Waals surface area contributed by atoms with Gasteiger partial charge >= 0.3 is 0 Å². The molecule has 3 heteroatoms. The lowest BCUT2D eigenvalue weighted by molar-refractivity contribution is 0.817. The van der Waals surface area contributed by atoms with Crippen molar-refractivity contribution in [2.45, 2.75) is 13.8 Å². The lowest BCUT2D eigenvalue weighted by Crippen LogP contribution is -2.07. The van der Waals surface area contributed by atoms with Crippen molar-refractivity contribution in [1.82, 2.24) is 9.89 Å². The van der Waals surface area contributed by atoms with Crippen LogP contribution in [-0.2, 0) is 0 Å². The largest absolute Gasteiger partial charge is 0.323 e. The van der Waals surface area contributed by atoms with Gasteiger partial charge in [0.1, 0.15) is 0 Å². The Kier molecular flexibility index (Phi) is 0.970. The first-order valence-electron chi connectivity index (χ1n) is 2.48. The molecule has 0 saturated carbocycles. The van der Waals surface area contributed by atoms with Crippen LogP contribution in [0.15, 0.2) is 6.20 Å². The molecule has 0 aliphatic carbocycles. The average Bonchev–Trinajstić information content (AvgIpc) is 1.85. The third-order valence-corrected chi connectivity index (χ3v) is 1.16. The Bertz CT molecular complexity index is 170. The zero-order chi connectivity index (χ0) is 6.15. The van der Waals surface area contributed by atoms with E-state index in [9.17, 15) is 0 Å². The molecule has 0 aromatic carbocycles. The smallest absolute Gasteiger partial charge is 0.0643 e. The SMILES string of the molecule is Cc1cn(N)nc1C. The van der Waals surface area contributed by atoms with Gasteiger partial charge in [-0.15, -0.1) is 0 Å². The summed E-state index contributed by atoms with van der Waals surface area (Å²) in [4.78, 5) is 1.32. The third-order valence-electron chi connectivity index (χ3n) is 1.16. The van der Waals surface area contributed by atoms with Gasteiger partial charge in [0.25, 0.3) is 0 Å². The van der Waals surface area contributed by atoms with E-state index in [1.54, 1.807) is 6.20 Å². The predicted octanol–water partition coefficient (Wildman–Crippen LogP) is 0.214. The highest BCUT2D eigenvalue weighted by atomic mass is 15.5. The number of hydrogen-bond donors (Lipinski definition) is 1. The minimum absolute atomic E-state index is 0.993. The van der Waals surface area contributed by atoms with Crippen molar-refractivity contribution in [3.05, 3.63) is 17.5 Å². The van der Waals surface area contributed by atoms with Crippen molar-refractivity contribution in [3.63, 3.8) is 0 Å². The second-order valence-electron chi connectivity index (χ2n) is 1.88. The van der Waals surface area contributed by atoms with Gasteiger partial charge in [-0.1, -0.05) is 0 Å². The summed E-state index contributed by atoms with van der Waals surface area (Å²) in [6.07, 6.45) is 1.79. The molecule has 0 spiro atoms. The Morgan fingerprint density at radius 2 is 2.25 bits per heavy atom. The molecule has 0 unspecified atom stereocenters. The van der Waals surface area contributed by atoms with Gasteiger partial charge in [-0.3, -0.25) is 0 Å². The fourth-order valence-corrected chi connectivity index (χ4v) is 0.573. The molecular formula is C5H9N3. The van der Waals surface area contributed by atoms with Crippen molar-refractivity contribution in [2.24, 2.45) is 0 Å². The first-order chi connectivity index (χ1) is 3.70. The average molecular weight is 111 g/mol. The zero-order valence-electron chi connectivity index (χ0n) is 5.05. The van der Waals surface area contributed by atoms with Crippen LogP contribution < -0.4 is 5.84 Å². The molecular weight excluding hydrogens is 102 g/mol. The second-order valence-corrected chi connectivity index (χ2v) is 1.88. The van der Waals surface area contributed by atoms with Gasteiger partial charge in [-0.25, -0.2) is 0 Å². The summed E-state index contributed by atoms with van der Waals surface area (Å²) in [5.41, 5.74) is 2.13. The molecule has 44 valence electrons. The molecule has 3 nitrogen and oxygen atoms in total. The van der Waals surface area contributed by atoms with E-state index in [0.717, 1.165) is 11.3 Å². The summed E-state index contributed by atoms with van der Waals surface area (Å²) in [6.45, 7) is 3.91. The zero-order valence-corrected chi connectivity index (χ0v) is 5.05. The van der Waals surface area contributed by atoms with Gasteiger partial charge in [-0.05, 0) is 19.4 Å². The van der Waals surface area contributed by atoms with E-state index < -0.39 is 0 Å². The highest BCUT2D eigenvalue weighted by molar-refractivity contribution is 5.11. The molecule has 0 saturated heterocycles. The number of aromatic nitrogens is 2. The predicted molar refractivity (Wildman–Crippen MR) is 31.9 cm³/mol. The fraction of sp³-hybridized carbons (Fsp3) is 0.400. The maximum atomic E-state index is 5.28. The van der Waals surface area contributed by atoms with E-state index in [0.29, 0.717) is 0 Å². The molecule has 1 aromatic heterocycles. The van der Waals surface area contributed by atoms with E-state index in [1.807, 2.05) is 13.8 Å². The highest BCUT2D eigenvalue weighted by Gasteiger charge is 1.93. The highest BCUT2D eigenvalue weighted by Crippen LogP contribution is 1.98. The second kappa shape index (κ2) is 1.51. The molecule has 8 heavy (non-hydrogen) atoms. The van der Waals surface area contributed by atoms with Crippen LogP contribution in [0.1, 0.15) is 11.3 Å². The number of rotatable bonds is 0. The van der Waals surface area contributed by atoms with Crippen molar-refractivity contribution in [1.29, 1.82) is 0 Å². The lowest BCUT2D eigenvalue weighted by Gasteiger charge is -1.81. The van der Waals surface area contributed by atoms with Gasteiger partial charge in [0.05, 0.1) is 11.9 Å². The molecule has 2 N–H and O–H groups in total. The first-order valence-corrected chi connectivity index (χ1v) is 2.48. The van der Waals surface area contributed by atoms with Crippen molar-refractivity contribution in [2.75, 3.05) is 5.84 Å². The van der Waals surface area contributed by atoms with Gasteiger partial charge in [-0.2, -0.15) is 9.89 Å². The Labute approximate surface area is 48.1 Å². The summed E-state index contributed by atoms with van der Waals surface area (Å²) in [5.74, 6) is 5.28. The summed E-state index contributed by atoms with van der Waals surface area (Å²) in [7, 11) is 0. The standard InChI is InChI=1S/C5H9N3/c1-4-3-8(6)7-5(4)2/h3H,6H2,1-2H3. The number of hydrogen-bond acceptors (Lipinski definition) is 2. The van der Waals surface area contributed by atoms with E-state index in [2.05, 4.69) is 5.10 Å². The monoisotopic (exact) mass is 111 g/mol. The van der Waals surface area contributed by atoms with Gasteiger partial charge in [0.15, 0.2) is 0 Å². The molecule has 0 aliphatic rings. The van der Waals surface area contributed by atoms with Crippen LogP contribution in [0.4, 0.5) is 0 Å². The Morgan fingerprint density at radius 1 is 1.62 bits per heavy atom. The minimum atomic E-state index is 0.993. The number of aryl methyl sites for hydroxylation is 2. The summed E-state index contributed by atoms with van der Waals surface area (Å²) in [6, 6.07) is 0. The van der Waals surface area contributed by atoms with Gasteiger partial charge in [0, 0.05) is 0 Å². The third kappa shape index (κ3) is 0.665. The molecule has 0 atom stereocenters. The van der Waals surface area contributed by atoms with E-state index in [4.69, 9.17) is 5.84 Å². The van der Waals surface area contributed by atoms with E-state index in [-0.39, 0.29) is 0 Å². The molecule has 0 bridgehead atoms. The number of nitrogens with two attached hydrogens (primary N) is 1. The molecule has 1 rings (SSSR count). The fourth-order valence-electron chi connectivity index (χ4n) is 0.573. The van der Waals surface area contributed by atoms with Crippen molar-refractivity contribution >= 4 is 0 Å². The van der Waals surface area contributed by atoms with E-state index >= 15 is 0 Å². The van der Waals surface area contributed by atoms with Crippen LogP contribution in [0.25, 0.3) is 0 Å². The van der Waals surface area contributed by atoms with Crippen LogP contribution in [0, 0.1) is 13.8 Å². The van der Waals surface area contributed by atoms with Crippen LogP contribution in [0.5, 0.6) is 0 Å². The Balaban J connectivity index is 3.14. The van der Waals surface area contributed by atoms with Gasteiger partial charge in [0.2, 0.25) is 0 Å². The van der Waals surface area contributed by atoms with Crippen LogP contribution in [-0.4, -0.2) is 9.89 Å². The normalized spacial score (nSPS) is 9.75. The molecule has 0 radical (unpaired) electrons. The topological polar surface area (TPSA) is 43.8 Å². The quantitative estimate of drug-likeness (QED) is 0.486.